The fourth-order valence-electron chi connectivity index (χ4n) is 6.30. The topological polar surface area (TPSA) is 47.6 Å². The van der Waals surface area contributed by atoms with Gasteiger partial charge in [0.05, 0.1) is 11.9 Å². The molecule has 4 aliphatic rings. The van der Waals surface area contributed by atoms with Crippen LogP contribution in [0, 0.1) is 23.2 Å². The molecule has 1 amide bonds. The van der Waals surface area contributed by atoms with Crippen LogP contribution in [0.25, 0.3) is 0 Å². The molecule has 2 saturated carbocycles. The SMILES string of the molecule is CC(C)=C(C)[C@@H]1CC1CC1CNCC2=C(C(=O)NC3(C(C)(C)C)CCC3)N(C)C(C)N2C1. The summed E-state index contributed by atoms with van der Waals surface area (Å²) < 4.78 is 0. The van der Waals surface area contributed by atoms with Gasteiger partial charge in [-0.25, -0.2) is 0 Å². The fourth-order valence-corrected chi connectivity index (χ4v) is 6.30. The van der Waals surface area contributed by atoms with Crippen molar-refractivity contribution < 1.29 is 4.79 Å². The van der Waals surface area contributed by atoms with E-state index in [0.717, 1.165) is 50.0 Å². The normalized spacial score (nSPS) is 31.6. The van der Waals surface area contributed by atoms with Crippen LogP contribution in [0.15, 0.2) is 22.5 Å². The minimum absolute atomic E-state index is 0.0698. The number of carbonyl (C=O) groups is 1. The quantitative estimate of drug-likeness (QED) is 0.617. The van der Waals surface area contributed by atoms with Crippen molar-refractivity contribution in [1.82, 2.24) is 20.4 Å². The van der Waals surface area contributed by atoms with Crippen LogP contribution in [0.4, 0.5) is 0 Å². The minimum atomic E-state index is -0.0698. The van der Waals surface area contributed by atoms with Gasteiger partial charge >= 0.3 is 0 Å². The van der Waals surface area contributed by atoms with E-state index in [2.05, 4.69) is 75.9 Å². The molecular formula is C27H46N4O. The highest BCUT2D eigenvalue weighted by Crippen LogP contribution is 2.49. The smallest absolute Gasteiger partial charge is 0.269 e. The van der Waals surface area contributed by atoms with Crippen molar-refractivity contribution in [3.05, 3.63) is 22.5 Å². The number of hydrogen-bond acceptors (Lipinski definition) is 4. The van der Waals surface area contributed by atoms with Crippen molar-refractivity contribution in [2.45, 2.75) is 92.3 Å². The molecule has 180 valence electrons. The molecule has 4 atom stereocenters. The predicted octanol–water partition coefficient (Wildman–Crippen LogP) is 4.48. The number of rotatable bonds is 5. The molecular weight excluding hydrogens is 396 g/mol. The molecule has 0 aromatic heterocycles. The van der Waals surface area contributed by atoms with Crippen molar-refractivity contribution in [2.24, 2.45) is 23.2 Å². The van der Waals surface area contributed by atoms with Crippen LogP contribution >= 0.6 is 0 Å². The van der Waals surface area contributed by atoms with Gasteiger partial charge < -0.3 is 20.4 Å². The van der Waals surface area contributed by atoms with E-state index in [1.165, 1.54) is 30.5 Å². The maximum atomic E-state index is 13.6. The largest absolute Gasteiger partial charge is 0.352 e. The van der Waals surface area contributed by atoms with Gasteiger partial charge in [-0.3, -0.25) is 4.79 Å². The zero-order valence-corrected chi connectivity index (χ0v) is 21.8. The molecule has 2 heterocycles. The highest BCUT2D eigenvalue weighted by atomic mass is 16.2. The van der Waals surface area contributed by atoms with Gasteiger partial charge in [-0.2, -0.15) is 0 Å². The Labute approximate surface area is 196 Å². The number of allylic oxidation sites excluding steroid dienone is 2. The maximum absolute atomic E-state index is 13.6. The van der Waals surface area contributed by atoms with Crippen molar-refractivity contribution in [1.29, 1.82) is 0 Å². The van der Waals surface area contributed by atoms with E-state index >= 15 is 0 Å². The molecule has 2 aliphatic carbocycles. The highest BCUT2D eigenvalue weighted by Gasteiger charge is 2.49. The number of likely N-dealkylation sites (N-methyl/N-ethyl adjacent to an activating group) is 1. The summed E-state index contributed by atoms with van der Waals surface area (Å²) >= 11 is 0. The number of hydrogen-bond donors (Lipinski definition) is 2. The van der Waals surface area contributed by atoms with Gasteiger partial charge in [0.25, 0.3) is 5.91 Å². The zero-order valence-electron chi connectivity index (χ0n) is 21.8. The lowest BCUT2D eigenvalue weighted by Crippen LogP contribution is -2.62. The van der Waals surface area contributed by atoms with Crippen LogP contribution in [-0.4, -0.2) is 54.1 Å². The fraction of sp³-hybridized carbons (Fsp3) is 0.815. The molecule has 0 aromatic rings. The number of nitrogens with zero attached hydrogens (tertiary/aromatic N) is 2. The van der Waals surface area contributed by atoms with Crippen LogP contribution in [-0.2, 0) is 4.79 Å². The first-order chi connectivity index (χ1) is 14.9. The second-order valence-electron chi connectivity index (χ2n) is 12.3. The zero-order chi connectivity index (χ0) is 23.4. The van der Waals surface area contributed by atoms with E-state index < -0.39 is 0 Å². The second kappa shape index (κ2) is 8.38. The number of nitrogens with one attached hydrogen (secondary N) is 2. The minimum Gasteiger partial charge on any atom is -0.352 e. The lowest BCUT2D eigenvalue weighted by atomic mass is 9.61. The number of carbonyl (C=O) groups excluding carboxylic acids is 1. The summed E-state index contributed by atoms with van der Waals surface area (Å²) in [4.78, 5) is 18.3. The van der Waals surface area contributed by atoms with E-state index in [4.69, 9.17) is 0 Å². The summed E-state index contributed by atoms with van der Waals surface area (Å²) in [6.45, 7) is 18.7. The molecule has 2 N–H and O–H groups in total. The summed E-state index contributed by atoms with van der Waals surface area (Å²) in [6.07, 6.45) is 6.25. The molecule has 0 aromatic carbocycles. The molecule has 4 rings (SSSR count). The summed E-state index contributed by atoms with van der Waals surface area (Å²) in [5, 5.41) is 7.20. The van der Waals surface area contributed by atoms with Gasteiger partial charge in [0.1, 0.15) is 5.70 Å². The number of fused-ring (bicyclic) bond motifs is 1. The molecule has 5 nitrogen and oxygen atoms in total. The monoisotopic (exact) mass is 442 g/mol. The van der Waals surface area contributed by atoms with E-state index in [0.29, 0.717) is 5.92 Å². The Hall–Kier alpha value is -1.49. The van der Waals surface area contributed by atoms with Crippen LogP contribution < -0.4 is 10.6 Å². The second-order valence-corrected chi connectivity index (χ2v) is 12.3. The van der Waals surface area contributed by atoms with Gasteiger partial charge in [-0.1, -0.05) is 31.9 Å². The van der Waals surface area contributed by atoms with Crippen molar-refractivity contribution >= 4 is 5.91 Å². The molecule has 1 saturated heterocycles. The third kappa shape index (κ3) is 4.10. The average Bonchev–Trinajstić information content (AvgIpc) is 3.42. The standard InChI is InChI=1S/C27H46N4O/c1-17(2)18(3)22-13-21(22)12-20-14-28-15-23-24(30(8)19(4)31(23)16-20)25(32)29-27(10-9-11-27)26(5,6)7/h19-22,28H,9-16H2,1-8H3,(H,29,32)/t19?,20?,21?,22-/m0/s1. The first kappa shape index (κ1) is 23.7. The third-order valence-corrected chi connectivity index (χ3v) is 9.28. The van der Waals surface area contributed by atoms with Crippen LogP contribution in [0.3, 0.4) is 0 Å². The van der Waals surface area contributed by atoms with E-state index in [1.54, 1.807) is 5.57 Å². The van der Waals surface area contributed by atoms with Gasteiger partial charge in [-0.05, 0) is 83.0 Å². The maximum Gasteiger partial charge on any atom is 0.269 e. The Kier molecular flexibility index (Phi) is 6.19. The molecule has 0 bridgehead atoms. The summed E-state index contributed by atoms with van der Waals surface area (Å²) in [5.74, 6) is 2.40. The average molecular weight is 443 g/mol. The predicted molar refractivity (Wildman–Crippen MR) is 132 cm³/mol. The Morgan fingerprint density at radius 3 is 2.47 bits per heavy atom. The Bertz CT molecular complexity index is 812. The van der Waals surface area contributed by atoms with Crippen molar-refractivity contribution in [3.63, 3.8) is 0 Å². The Morgan fingerprint density at radius 2 is 1.91 bits per heavy atom. The van der Waals surface area contributed by atoms with Crippen molar-refractivity contribution in [2.75, 3.05) is 26.7 Å². The highest BCUT2D eigenvalue weighted by molar-refractivity contribution is 5.94. The number of amides is 1. The van der Waals surface area contributed by atoms with Gasteiger partial charge in [-0.15, -0.1) is 0 Å². The molecule has 0 spiro atoms. The third-order valence-electron chi connectivity index (χ3n) is 9.28. The molecule has 3 unspecified atom stereocenters. The molecule has 3 fully saturated rings. The lowest BCUT2D eigenvalue weighted by Gasteiger charge is -2.52. The van der Waals surface area contributed by atoms with E-state index in [1.807, 2.05) is 0 Å². The van der Waals surface area contributed by atoms with E-state index in [-0.39, 0.29) is 23.0 Å². The molecule has 2 aliphatic heterocycles. The van der Waals surface area contributed by atoms with Crippen molar-refractivity contribution in [3.8, 4) is 0 Å². The summed E-state index contributed by atoms with van der Waals surface area (Å²) in [5.41, 5.74) is 5.17. The van der Waals surface area contributed by atoms with Gasteiger partial charge in [0.15, 0.2) is 0 Å². The lowest BCUT2D eigenvalue weighted by molar-refractivity contribution is -0.124. The Balaban J connectivity index is 1.48. The van der Waals surface area contributed by atoms with E-state index in [9.17, 15) is 4.79 Å². The first-order valence-electron chi connectivity index (χ1n) is 12.8. The summed E-state index contributed by atoms with van der Waals surface area (Å²) in [7, 11) is 2.09. The van der Waals surface area contributed by atoms with Crippen LogP contribution in [0.5, 0.6) is 0 Å². The first-order valence-corrected chi connectivity index (χ1v) is 12.8. The van der Waals surface area contributed by atoms with Crippen LogP contribution in [0.2, 0.25) is 0 Å². The molecule has 5 heteroatoms. The summed E-state index contributed by atoms with van der Waals surface area (Å²) in [6, 6.07) is 0. The van der Waals surface area contributed by atoms with Crippen LogP contribution in [0.1, 0.15) is 80.6 Å². The Morgan fingerprint density at radius 1 is 1.22 bits per heavy atom. The molecule has 32 heavy (non-hydrogen) atoms. The van der Waals surface area contributed by atoms with Gasteiger partial charge in [0, 0.05) is 32.2 Å². The van der Waals surface area contributed by atoms with Gasteiger partial charge in [0.2, 0.25) is 0 Å². The molecule has 0 radical (unpaired) electrons.